The van der Waals surface area contributed by atoms with E-state index >= 15 is 0 Å². The van der Waals surface area contributed by atoms with E-state index < -0.39 is 24.0 Å². The van der Waals surface area contributed by atoms with Gasteiger partial charge in [-0.05, 0) is 48.6 Å². The van der Waals surface area contributed by atoms with E-state index in [0.717, 1.165) is 0 Å². The smallest absolute Gasteiger partial charge is 0.453 e. The number of ether oxygens (including phenoxy) is 1. The first-order valence-corrected chi connectivity index (χ1v) is 13.4. The van der Waals surface area contributed by atoms with Crippen molar-refractivity contribution in [1.29, 1.82) is 0 Å². The molecule has 0 bridgehead atoms. The highest BCUT2D eigenvalue weighted by Crippen LogP contribution is 2.32. The molecular formula is C30H32N6O6. The van der Waals surface area contributed by atoms with Crippen LogP contribution >= 0.6 is 0 Å². The highest BCUT2D eigenvalue weighted by atomic mass is 16.6. The lowest BCUT2D eigenvalue weighted by Crippen LogP contribution is -2.25. The van der Waals surface area contributed by atoms with Crippen LogP contribution in [0.15, 0.2) is 62.1 Å². The molecular weight excluding hydrogens is 540 g/mol. The van der Waals surface area contributed by atoms with Crippen molar-refractivity contribution in [3.05, 3.63) is 93.3 Å². The van der Waals surface area contributed by atoms with Crippen LogP contribution in [0.2, 0.25) is 0 Å². The first kappa shape index (κ1) is 23.8. The summed E-state index contributed by atoms with van der Waals surface area (Å²) in [5.74, 6) is -1.08. The number of aliphatic hydroxyl groups is 1. The lowest BCUT2D eigenvalue weighted by molar-refractivity contribution is 0.0345. The summed E-state index contributed by atoms with van der Waals surface area (Å²) in [4.78, 5) is 29.8. The van der Waals surface area contributed by atoms with Gasteiger partial charge < -0.3 is 23.2 Å². The maximum Gasteiger partial charge on any atom is 0.519 e. The van der Waals surface area contributed by atoms with Crippen LogP contribution < -0.4 is 5.82 Å². The van der Waals surface area contributed by atoms with E-state index in [9.17, 15) is 14.7 Å². The van der Waals surface area contributed by atoms with Gasteiger partial charge in [0.15, 0.2) is 23.8 Å². The fourth-order valence-corrected chi connectivity index (χ4v) is 4.42. The number of benzene rings is 2. The quantitative estimate of drug-likeness (QED) is 0.213. The number of carbonyl (C=O) groups is 1. The van der Waals surface area contributed by atoms with Crippen molar-refractivity contribution in [2.45, 2.75) is 65.7 Å². The van der Waals surface area contributed by atoms with Gasteiger partial charge in [0, 0.05) is 18.5 Å². The second kappa shape index (κ2) is 12.0. The number of H-pyrrole nitrogens is 1. The summed E-state index contributed by atoms with van der Waals surface area (Å²) < 4.78 is 52.5. The molecule has 12 nitrogen and oxygen atoms in total. The maximum atomic E-state index is 13.7. The molecule has 0 aliphatic carbocycles. The first-order valence-electron chi connectivity index (χ1n) is 15.4. The number of nitrogens with one attached hydrogen (secondary N) is 1. The molecule has 2 N–H and O–H groups in total. The van der Waals surface area contributed by atoms with E-state index in [-0.39, 0.29) is 77.0 Å². The highest BCUT2D eigenvalue weighted by Gasteiger charge is 2.34. The molecule has 5 aromatic rings. The molecule has 0 saturated carbocycles. The van der Waals surface area contributed by atoms with Gasteiger partial charge in [-0.25, -0.2) is 14.6 Å². The number of imidazole rings is 1. The third kappa shape index (κ3) is 5.79. The number of aromatic nitrogens is 6. The van der Waals surface area contributed by atoms with Crippen molar-refractivity contribution in [3.63, 3.8) is 0 Å². The van der Waals surface area contributed by atoms with Gasteiger partial charge in [-0.1, -0.05) is 62.3 Å². The Hall–Kier alpha value is -4.84. The van der Waals surface area contributed by atoms with Crippen LogP contribution in [0.5, 0.6) is 0 Å². The van der Waals surface area contributed by atoms with E-state index in [4.69, 9.17) is 19.1 Å². The zero-order valence-corrected chi connectivity index (χ0v) is 23.6. The largest absolute Gasteiger partial charge is 0.519 e. The Labute approximate surface area is 247 Å². The van der Waals surface area contributed by atoms with Crippen molar-refractivity contribution in [3.8, 4) is 22.5 Å². The topological polar surface area (TPSA) is 162 Å². The average Bonchev–Trinajstić information content (AvgIpc) is 3.77. The van der Waals surface area contributed by atoms with E-state index in [1.165, 1.54) is 18.4 Å². The lowest BCUT2D eigenvalue weighted by atomic mass is 9.97. The molecule has 3 aromatic heterocycles. The number of carbonyl (C=O) groups excluding carboxylic acids is 1. The number of aromatic amines is 1. The minimum atomic E-state index is -1.56. The van der Waals surface area contributed by atoms with Crippen molar-refractivity contribution >= 4 is 5.97 Å². The van der Waals surface area contributed by atoms with Gasteiger partial charge in [-0.2, -0.15) is 5.21 Å². The monoisotopic (exact) mass is 576 g/mol. The number of esters is 1. The second-order valence-electron chi connectivity index (χ2n) is 9.83. The van der Waals surface area contributed by atoms with Crippen LogP contribution in [0.25, 0.3) is 22.5 Å². The normalized spacial score (nSPS) is 14.1. The number of nitrogens with zero attached hydrogens (tertiary/aromatic N) is 5. The van der Waals surface area contributed by atoms with E-state index in [0.29, 0.717) is 29.8 Å². The summed E-state index contributed by atoms with van der Waals surface area (Å²) in [7, 11) is 0. The molecule has 218 valence electrons. The van der Waals surface area contributed by atoms with Gasteiger partial charge in [-0.15, -0.1) is 10.2 Å². The standard InChI is InChI=1S/C30H32N6O6/c1-5-9-24-31-26(30(4,39)6-2)25(28(37)40-17-23-18(3)41-29(38)42-23)36(24)16-19-12-14-20(15-13-19)21-10-7-8-11-22(21)27-32-34-35-33-27/h7-8,10-15,39H,5-6,9,16-17H2,1-4H3,(H,32,33,34,35)/i12D,13D,14D,15D. The summed E-state index contributed by atoms with van der Waals surface area (Å²) in [5, 5.41) is 25.3. The van der Waals surface area contributed by atoms with E-state index in [1.807, 2.05) is 6.92 Å². The van der Waals surface area contributed by atoms with Crippen LogP contribution in [-0.2, 0) is 29.9 Å². The molecule has 0 amide bonds. The molecule has 0 fully saturated rings. The first-order chi connectivity index (χ1) is 21.9. The molecule has 5 rings (SSSR count). The maximum absolute atomic E-state index is 13.7. The summed E-state index contributed by atoms with van der Waals surface area (Å²) >= 11 is 0. The Morgan fingerprint density at radius 1 is 1.17 bits per heavy atom. The molecule has 0 spiro atoms. The molecule has 0 radical (unpaired) electrons. The van der Waals surface area contributed by atoms with Crippen molar-refractivity contribution < 1.29 is 29.0 Å². The summed E-state index contributed by atoms with van der Waals surface area (Å²) in [6.07, 6.45) is 1.18. The second-order valence-corrected chi connectivity index (χ2v) is 9.83. The number of aryl methyl sites for hydroxylation is 2. The number of tetrazole rings is 1. The van der Waals surface area contributed by atoms with Gasteiger partial charge in [0.05, 0.1) is 5.48 Å². The molecule has 1 atom stereocenters. The Morgan fingerprint density at radius 3 is 2.52 bits per heavy atom. The third-order valence-corrected chi connectivity index (χ3v) is 6.86. The Kier molecular flexibility index (Phi) is 6.78. The van der Waals surface area contributed by atoms with Crippen molar-refractivity contribution in [2.24, 2.45) is 0 Å². The van der Waals surface area contributed by atoms with Crippen LogP contribution in [0.4, 0.5) is 0 Å². The Bertz CT molecular complexity index is 1940. The van der Waals surface area contributed by atoms with Crippen LogP contribution in [-0.4, -0.2) is 41.3 Å². The number of hydrogen-bond acceptors (Lipinski definition) is 10. The fraction of sp³-hybridized carbons (Fsp3) is 0.333. The zero-order valence-electron chi connectivity index (χ0n) is 27.6. The molecule has 0 saturated heterocycles. The average molecular weight is 577 g/mol. The molecule has 0 aliphatic rings. The summed E-state index contributed by atoms with van der Waals surface area (Å²) in [6, 6.07) is 5.53. The van der Waals surface area contributed by atoms with Gasteiger partial charge in [0.2, 0.25) is 5.82 Å². The van der Waals surface area contributed by atoms with Gasteiger partial charge in [0.1, 0.15) is 17.1 Å². The lowest BCUT2D eigenvalue weighted by Gasteiger charge is -2.21. The van der Waals surface area contributed by atoms with Crippen molar-refractivity contribution in [1.82, 2.24) is 30.2 Å². The van der Waals surface area contributed by atoms with Gasteiger partial charge in [-0.3, -0.25) is 0 Å². The minimum absolute atomic E-state index is 0.000961. The van der Waals surface area contributed by atoms with Crippen LogP contribution in [0.1, 0.15) is 78.2 Å². The molecule has 3 heterocycles. The highest BCUT2D eigenvalue weighted by molar-refractivity contribution is 5.89. The fourth-order valence-electron chi connectivity index (χ4n) is 4.42. The zero-order chi connectivity index (χ0) is 33.3. The van der Waals surface area contributed by atoms with E-state index in [2.05, 4.69) is 25.6 Å². The van der Waals surface area contributed by atoms with Crippen molar-refractivity contribution in [2.75, 3.05) is 0 Å². The molecule has 12 heteroatoms. The SMILES string of the molecule is [2H]c1c([2H])c(-c2ccccc2-c2nn[nH]n2)c([2H])c([2H])c1Cn1c(CCC)nc(C(C)(O)CC)c1C(=O)OCc1oc(=O)oc1C. The van der Waals surface area contributed by atoms with E-state index in [1.54, 1.807) is 31.2 Å². The van der Waals surface area contributed by atoms with Gasteiger partial charge >= 0.3 is 11.8 Å². The van der Waals surface area contributed by atoms with Crippen LogP contribution in [0.3, 0.4) is 0 Å². The Morgan fingerprint density at radius 2 is 1.90 bits per heavy atom. The molecule has 42 heavy (non-hydrogen) atoms. The predicted molar refractivity (Wildman–Crippen MR) is 151 cm³/mol. The molecule has 1 unspecified atom stereocenters. The van der Waals surface area contributed by atoms with Crippen LogP contribution in [0, 0.1) is 6.92 Å². The molecule has 0 aliphatic heterocycles. The number of rotatable bonds is 11. The molecule has 2 aromatic carbocycles. The predicted octanol–water partition coefficient (Wildman–Crippen LogP) is 4.56. The Balaban J connectivity index is 1.64. The minimum Gasteiger partial charge on any atom is -0.453 e. The van der Waals surface area contributed by atoms with Gasteiger partial charge in [0.25, 0.3) is 0 Å². The third-order valence-electron chi connectivity index (χ3n) is 6.86. The summed E-state index contributed by atoms with van der Waals surface area (Å²) in [5.41, 5.74) is -0.753. The summed E-state index contributed by atoms with van der Waals surface area (Å²) in [6.45, 7) is 5.91. The number of hydrogen-bond donors (Lipinski definition) is 2.